The van der Waals surface area contributed by atoms with E-state index in [4.69, 9.17) is 27.9 Å². The van der Waals surface area contributed by atoms with Crippen molar-refractivity contribution < 1.29 is 9.53 Å². The molecule has 6 heteroatoms. The molecule has 0 unspecified atom stereocenters. The van der Waals surface area contributed by atoms with Gasteiger partial charge in [-0.3, -0.25) is 0 Å². The van der Waals surface area contributed by atoms with Gasteiger partial charge in [0.2, 0.25) is 0 Å². The summed E-state index contributed by atoms with van der Waals surface area (Å²) in [6.45, 7) is 8.76. The Hall–Kier alpha value is -2.11. The molecule has 2 atom stereocenters. The summed E-state index contributed by atoms with van der Waals surface area (Å²) in [5.74, 6) is -0.0317. The molecule has 2 aliphatic rings. The van der Waals surface area contributed by atoms with Gasteiger partial charge >= 0.3 is 5.97 Å². The summed E-state index contributed by atoms with van der Waals surface area (Å²) >= 11 is 16.5. The third-order valence-electron chi connectivity index (χ3n) is 7.81. The Morgan fingerprint density at radius 1 is 1.05 bits per heavy atom. The molecule has 38 heavy (non-hydrogen) atoms. The average Bonchev–Trinajstić information content (AvgIpc) is 3.49. The second kappa shape index (κ2) is 11.2. The molecule has 0 fully saturated rings. The van der Waals surface area contributed by atoms with Crippen LogP contribution in [0.1, 0.15) is 77.1 Å². The van der Waals surface area contributed by atoms with Gasteiger partial charge in [0.25, 0.3) is 0 Å². The predicted molar refractivity (Wildman–Crippen MR) is 165 cm³/mol. The highest BCUT2D eigenvalue weighted by atomic mass is 35.5. The van der Waals surface area contributed by atoms with Gasteiger partial charge in [0.15, 0.2) is 0 Å². The Morgan fingerprint density at radius 2 is 1.76 bits per heavy atom. The number of allylic oxidation sites excluding steroid dienone is 3. The Kier molecular flexibility index (Phi) is 8.07. The number of aryl methyl sites for hydroxylation is 2. The van der Waals surface area contributed by atoms with Crippen LogP contribution in [0.15, 0.2) is 48.6 Å². The second-order valence-electron chi connectivity index (χ2n) is 10.00. The first-order valence-corrected chi connectivity index (χ1v) is 15.6. The number of carbonyl (C=O) groups excluding carboxylic acids is 1. The second-order valence-corrected chi connectivity index (χ2v) is 13.8. The molecule has 2 nitrogen and oxygen atoms in total. The molecule has 2 aliphatic carbocycles. The molecule has 0 N–H and O–H groups in total. The van der Waals surface area contributed by atoms with Gasteiger partial charge in [-0.25, -0.2) is 4.79 Å². The summed E-state index contributed by atoms with van der Waals surface area (Å²) in [5, 5.41) is 0. The highest BCUT2D eigenvalue weighted by molar-refractivity contribution is 7.16. The van der Waals surface area contributed by atoms with Crippen LogP contribution in [-0.2, 0) is 14.9 Å². The van der Waals surface area contributed by atoms with E-state index in [1.807, 2.05) is 13.0 Å². The molecule has 0 spiro atoms. The minimum atomic E-state index is -0.343. The maximum Gasteiger partial charge on any atom is 0.330 e. The number of ether oxygens (including phenoxy) is 1. The van der Waals surface area contributed by atoms with Crippen molar-refractivity contribution in [2.75, 3.05) is 6.61 Å². The van der Waals surface area contributed by atoms with Gasteiger partial charge in [-0.2, -0.15) is 0 Å². The fourth-order valence-electron chi connectivity index (χ4n) is 6.35. The van der Waals surface area contributed by atoms with E-state index < -0.39 is 0 Å². The van der Waals surface area contributed by atoms with Crippen LogP contribution in [0.25, 0.3) is 17.2 Å². The Balaban J connectivity index is 1.86. The first kappa shape index (κ1) is 27.5. The number of halogens is 2. The number of hydrogen-bond donors (Lipinski definition) is 0. The highest BCUT2D eigenvalue weighted by Crippen LogP contribution is 2.63. The first-order valence-electron chi connectivity index (χ1n) is 13.2. The molecule has 0 aliphatic heterocycles. The quantitative estimate of drug-likeness (QED) is 0.185. The summed E-state index contributed by atoms with van der Waals surface area (Å²) in [6, 6.07) is 10.9. The molecule has 1 aromatic carbocycles. The Labute approximate surface area is 243 Å². The van der Waals surface area contributed by atoms with Crippen molar-refractivity contribution in [1.29, 1.82) is 0 Å². The van der Waals surface area contributed by atoms with Crippen molar-refractivity contribution in [2.45, 2.75) is 58.8 Å². The maximum atomic E-state index is 12.4. The lowest BCUT2D eigenvalue weighted by molar-refractivity contribution is -0.137. The zero-order valence-electron chi connectivity index (χ0n) is 22.2. The van der Waals surface area contributed by atoms with Crippen LogP contribution in [0.2, 0.25) is 8.67 Å². The molecule has 3 aromatic rings. The molecule has 198 valence electrons. The molecule has 0 bridgehead atoms. The van der Waals surface area contributed by atoms with Gasteiger partial charge in [0.1, 0.15) is 0 Å². The van der Waals surface area contributed by atoms with E-state index in [1.54, 1.807) is 28.7 Å². The zero-order valence-corrected chi connectivity index (χ0v) is 25.3. The lowest BCUT2D eigenvalue weighted by Crippen LogP contribution is -2.36. The van der Waals surface area contributed by atoms with Gasteiger partial charge in [-0.15, -0.1) is 22.7 Å². The van der Waals surface area contributed by atoms with Crippen LogP contribution >= 0.6 is 45.9 Å². The van der Waals surface area contributed by atoms with E-state index in [0.29, 0.717) is 13.0 Å². The van der Waals surface area contributed by atoms with Gasteiger partial charge in [-0.05, 0) is 90.6 Å². The van der Waals surface area contributed by atoms with Gasteiger partial charge in [-0.1, -0.05) is 79.4 Å². The number of hydrogen-bond acceptors (Lipinski definition) is 4. The van der Waals surface area contributed by atoms with Crippen molar-refractivity contribution >= 4 is 69.1 Å². The van der Waals surface area contributed by atoms with Crippen molar-refractivity contribution in [1.82, 2.24) is 0 Å². The molecule has 5 rings (SSSR count). The lowest BCUT2D eigenvalue weighted by Gasteiger charge is -2.43. The van der Waals surface area contributed by atoms with E-state index in [1.165, 1.54) is 48.7 Å². The topological polar surface area (TPSA) is 26.3 Å². The fourth-order valence-corrected chi connectivity index (χ4v) is 8.74. The van der Waals surface area contributed by atoms with E-state index in [2.05, 4.69) is 63.3 Å². The molecule has 0 amide bonds. The number of rotatable bonds is 9. The molecule has 0 saturated carbocycles. The van der Waals surface area contributed by atoms with Crippen molar-refractivity contribution in [3.63, 3.8) is 0 Å². The van der Waals surface area contributed by atoms with Crippen LogP contribution in [0.3, 0.4) is 0 Å². The Bertz CT molecular complexity index is 1470. The average molecular weight is 584 g/mol. The van der Waals surface area contributed by atoms with Crippen molar-refractivity contribution in [3.8, 4) is 0 Å². The largest absolute Gasteiger partial charge is 0.463 e. The molecular formula is C32H32Cl2O2S2. The zero-order chi connectivity index (χ0) is 27.0. The third kappa shape index (κ3) is 4.64. The Morgan fingerprint density at radius 3 is 2.39 bits per heavy atom. The summed E-state index contributed by atoms with van der Waals surface area (Å²) in [6.07, 6.45) is 12.3. The summed E-state index contributed by atoms with van der Waals surface area (Å²) in [7, 11) is 0. The lowest BCUT2D eigenvalue weighted by atomic mass is 9.59. The summed E-state index contributed by atoms with van der Waals surface area (Å²) in [4.78, 5) is 14.8. The minimum absolute atomic E-state index is 0.267. The predicted octanol–water partition coefficient (Wildman–Crippen LogP) is 10.3. The smallest absolute Gasteiger partial charge is 0.330 e. The number of thiophene rings is 2. The van der Waals surface area contributed by atoms with E-state index in [-0.39, 0.29) is 17.3 Å². The summed E-state index contributed by atoms with van der Waals surface area (Å²) in [5.41, 5.74) is 8.43. The van der Waals surface area contributed by atoms with E-state index in [9.17, 15) is 4.79 Å². The molecule has 0 radical (unpaired) electrons. The van der Waals surface area contributed by atoms with Crippen LogP contribution in [-0.4, -0.2) is 12.6 Å². The van der Waals surface area contributed by atoms with E-state index >= 15 is 0 Å². The maximum absolute atomic E-state index is 12.4. The van der Waals surface area contributed by atoms with Crippen LogP contribution < -0.4 is 0 Å². The number of carbonyl (C=O) groups is 1. The SMILES string of the molecule is CCCC[C@H]1C=Cc2cccc3c2[C@@]1(C/C=C/C(=O)OCC)C(c1cc(Cl)sc1C)=C3c1cc(Cl)sc1C. The molecular weight excluding hydrogens is 551 g/mol. The number of unbranched alkanes of at least 4 members (excludes halogenated alkanes) is 1. The van der Waals surface area contributed by atoms with Crippen LogP contribution in [0.4, 0.5) is 0 Å². The number of esters is 1. The summed E-state index contributed by atoms with van der Waals surface area (Å²) < 4.78 is 6.81. The van der Waals surface area contributed by atoms with Crippen molar-refractivity contribution in [2.24, 2.45) is 5.92 Å². The normalized spacial score (nSPS) is 20.0. The van der Waals surface area contributed by atoms with Crippen molar-refractivity contribution in [3.05, 3.63) is 94.8 Å². The third-order valence-corrected chi connectivity index (χ3v) is 10.2. The molecule has 2 aromatic heterocycles. The van der Waals surface area contributed by atoms with Crippen LogP contribution in [0, 0.1) is 19.8 Å². The van der Waals surface area contributed by atoms with Gasteiger partial charge in [0.05, 0.1) is 15.3 Å². The molecule has 0 saturated heterocycles. The molecule has 2 heterocycles. The van der Waals surface area contributed by atoms with Crippen LogP contribution in [0.5, 0.6) is 0 Å². The number of benzene rings is 1. The fraction of sp³-hybridized carbons (Fsp3) is 0.344. The standard InChI is InChI=1S/C32H32Cl2O2S2/c1-5-7-11-22-15-14-21-10-8-12-23-29(24-17-26(33)37-19(24)3)31(25-18-27(34)38-20(25)4)32(22,30(21)23)16-9-13-28(35)36-6-2/h8-10,12-15,17-18,22H,5-7,11,16H2,1-4H3/b13-9+/t22-,32-/m0/s1. The first-order chi connectivity index (χ1) is 18.3. The monoisotopic (exact) mass is 582 g/mol. The van der Waals surface area contributed by atoms with Gasteiger partial charge < -0.3 is 4.74 Å². The van der Waals surface area contributed by atoms with Gasteiger partial charge in [0, 0.05) is 21.2 Å². The highest BCUT2D eigenvalue weighted by Gasteiger charge is 2.52. The minimum Gasteiger partial charge on any atom is -0.463 e. The van der Waals surface area contributed by atoms with E-state index in [0.717, 1.165) is 27.9 Å².